The molecule has 6 nitrogen and oxygen atoms in total. The Morgan fingerprint density at radius 3 is 2.62 bits per heavy atom. The summed E-state index contributed by atoms with van der Waals surface area (Å²) in [5.74, 6) is -0.171. The van der Waals surface area contributed by atoms with E-state index in [9.17, 15) is 14.4 Å². The minimum absolute atomic E-state index is 0.130. The van der Waals surface area contributed by atoms with Crippen LogP contribution >= 0.6 is 15.9 Å². The smallest absolute Gasteiger partial charge is 0.328 e. The van der Waals surface area contributed by atoms with Crippen LogP contribution in [0.4, 0.5) is 0 Å². The van der Waals surface area contributed by atoms with Crippen molar-refractivity contribution in [2.75, 3.05) is 0 Å². The zero-order valence-electron chi connectivity index (χ0n) is 14.2. The summed E-state index contributed by atoms with van der Waals surface area (Å²) in [6.45, 7) is 2.09. The van der Waals surface area contributed by atoms with Gasteiger partial charge in [-0.05, 0) is 30.7 Å². The Morgan fingerprint density at radius 1 is 1.15 bits per heavy atom. The van der Waals surface area contributed by atoms with Crippen molar-refractivity contribution < 1.29 is 4.79 Å². The standard InChI is InChI=1S/C19H18BrN3O3/c1-12(13-6-2-4-8-15(13)20)21-17(24)10-11-23-16-9-5-3-7-14(16)18(25)22-19(23)26/h2-9,12H,10-11H2,1H3,(H,21,24)(H,22,25,26). The molecule has 1 heterocycles. The maximum Gasteiger partial charge on any atom is 0.328 e. The van der Waals surface area contributed by atoms with E-state index >= 15 is 0 Å². The van der Waals surface area contributed by atoms with E-state index in [1.54, 1.807) is 24.3 Å². The van der Waals surface area contributed by atoms with Gasteiger partial charge in [0.15, 0.2) is 0 Å². The lowest BCUT2D eigenvalue weighted by Crippen LogP contribution is -2.33. The molecule has 3 aromatic rings. The molecule has 0 aliphatic rings. The lowest BCUT2D eigenvalue weighted by atomic mass is 10.1. The molecule has 0 aliphatic carbocycles. The second kappa shape index (κ2) is 7.70. The molecule has 0 fully saturated rings. The number of H-pyrrole nitrogens is 1. The molecule has 2 aromatic carbocycles. The lowest BCUT2D eigenvalue weighted by molar-refractivity contribution is -0.121. The van der Waals surface area contributed by atoms with Gasteiger partial charge in [-0.15, -0.1) is 0 Å². The van der Waals surface area contributed by atoms with Gasteiger partial charge in [-0.25, -0.2) is 4.79 Å². The number of rotatable bonds is 5. The van der Waals surface area contributed by atoms with Crippen LogP contribution in [0, 0.1) is 0 Å². The van der Waals surface area contributed by atoms with Crippen molar-refractivity contribution in [2.45, 2.75) is 25.9 Å². The van der Waals surface area contributed by atoms with E-state index < -0.39 is 11.2 Å². The fourth-order valence-electron chi connectivity index (χ4n) is 2.90. The van der Waals surface area contributed by atoms with Crippen molar-refractivity contribution in [3.63, 3.8) is 0 Å². The second-order valence-electron chi connectivity index (χ2n) is 5.99. The zero-order valence-corrected chi connectivity index (χ0v) is 15.7. The Kier molecular flexibility index (Phi) is 5.37. The second-order valence-corrected chi connectivity index (χ2v) is 6.84. The molecule has 26 heavy (non-hydrogen) atoms. The van der Waals surface area contributed by atoms with Gasteiger partial charge < -0.3 is 5.32 Å². The molecule has 0 saturated carbocycles. The number of aryl methyl sites for hydroxylation is 1. The van der Waals surface area contributed by atoms with Crippen LogP contribution in [0.25, 0.3) is 10.9 Å². The Labute approximate surface area is 158 Å². The first-order valence-corrected chi connectivity index (χ1v) is 9.02. The minimum Gasteiger partial charge on any atom is -0.349 e. The number of aromatic amines is 1. The monoisotopic (exact) mass is 415 g/mol. The van der Waals surface area contributed by atoms with Crippen molar-refractivity contribution in [3.05, 3.63) is 79.4 Å². The third-order valence-electron chi connectivity index (χ3n) is 4.22. The summed E-state index contributed by atoms with van der Waals surface area (Å²) in [6, 6.07) is 14.4. The van der Waals surface area contributed by atoms with Gasteiger partial charge in [0.05, 0.1) is 16.9 Å². The maximum atomic E-state index is 12.3. The molecule has 1 amide bonds. The summed E-state index contributed by atoms with van der Waals surface area (Å²) in [7, 11) is 0. The summed E-state index contributed by atoms with van der Waals surface area (Å²) in [6.07, 6.45) is 0.130. The quantitative estimate of drug-likeness (QED) is 0.671. The molecule has 7 heteroatoms. The van der Waals surface area contributed by atoms with E-state index in [2.05, 4.69) is 26.2 Å². The molecule has 3 rings (SSSR count). The van der Waals surface area contributed by atoms with Crippen LogP contribution in [0.2, 0.25) is 0 Å². The number of aromatic nitrogens is 2. The zero-order chi connectivity index (χ0) is 18.7. The molecule has 1 atom stereocenters. The first kappa shape index (κ1) is 18.1. The van der Waals surface area contributed by atoms with Gasteiger partial charge >= 0.3 is 5.69 Å². The number of hydrogen-bond donors (Lipinski definition) is 2. The summed E-state index contributed by atoms with van der Waals surface area (Å²) >= 11 is 3.48. The number of fused-ring (bicyclic) bond motifs is 1. The molecule has 1 aromatic heterocycles. The fraction of sp³-hybridized carbons (Fsp3) is 0.211. The third-order valence-corrected chi connectivity index (χ3v) is 4.94. The molecule has 2 N–H and O–H groups in total. The number of nitrogens with zero attached hydrogens (tertiary/aromatic N) is 1. The van der Waals surface area contributed by atoms with Crippen LogP contribution < -0.4 is 16.6 Å². The molecule has 0 aliphatic heterocycles. The Balaban J connectivity index is 1.75. The van der Waals surface area contributed by atoms with Crippen LogP contribution in [0.5, 0.6) is 0 Å². The van der Waals surface area contributed by atoms with E-state index in [0.29, 0.717) is 10.9 Å². The molecule has 0 spiro atoms. The Morgan fingerprint density at radius 2 is 1.85 bits per heavy atom. The number of para-hydroxylation sites is 1. The summed E-state index contributed by atoms with van der Waals surface area (Å²) in [5, 5.41) is 3.36. The fourth-order valence-corrected chi connectivity index (χ4v) is 3.52. The van der Waals surface area contributed by atoms with E-state index in [1.807, 2.05) is 31.2 Å². The van der Waals surface area contributed by atoms with Gasteiger partial charge in [0, 0.05) is 17.4 Å². The molecule has 0 radical (unpaired) electrons. The van der Waals surface area contributed by atoms with Crippen molar-refractivity contribution in [2.24, 2.45) is 0 Å². The van der Waals surface area contributed by atoms with Crippen LogP contribution in [0.15, 0.2) is 62.6 Å². The van der Waals surface area contributed by atoms with Crippen LogP contribution in [0.3, 0.4) is 0 Å². The van der Waals surface area contributed by atoms with Gasteiger partial charge in [0.2, 0.25) is 5.91 Å². The van der Waals surface area contributed by atoms with Gasteiger partial charge in [-0.1, -0.05) is 46.3 Å². The van der Waals surface area contributed by atoms with Crippen LogP contribution in [-0.4, -0.2) is 15.5 Å². The van der Waals surface area contributed by atoms with E-state index in [0.717, 1.165) is 10.0 Å². The normalized spacial score (nSPS) is 12.1. The van der Waals surface area contributed by atoms with Gasteiger partial charge in [0.25, 0.3) is 5.56 Å². The third kappa shape index (κ3) is 3.77. The molecular weight excluding hydrogens is 398 g/mol. The largest absolute Gasteiger partial charge is 0.349 e. The SMILES string of the molecule is CC(NC(=O)CCn1c(=O)[nH]c(=O)c2ccccc21)c1ccccc1Br. The molecular formula is C19H18BrN3O3. The molecule has 134 valence electrons. The number of amides is 1. The van der Waals surface area contributed by atoms with E-state index in [-0.39, 0.29) is 24.9 Å². The minimum atomic E-state index is -0.514. The van der Waals surface area contributed by atoms with Gasteiger partial charge in [-0.2, -0.15) is 0 Å². The highest BCUT2D eigenvalue weighted by Crippen LogP contribution is 2.22. The van der Waals surface area contributed by atoms with Gasteiger partial charge in [-0.3, -0.25) is 19.1 Å². The summed E-state index contributed by atoms with van der Waals surface area (Å²) in [4.78, 5) is 38.6. The lowest BCUT2D eigenvalue weighted by Gasteiger charge is -2.16. The molecule has 0 bridgehead atoms. The first-order valence-electron chi connectivity index (χ1n) is 8.23. The van der Waals surface area contributed by atoms with Crippen molar-refractivity contribution in [1.29, 1.82) is 0 Å². The first-order chi connectivity index (χ1) is 12.5. The summed E-state index contributed by atoms with van der Waals surface area (Å²) in [5.41, 5.74) is 0.564. The van der Waals surface area contributed by atoms with Gasteiger partial charge in [0.1, 0.15) is 0 Å². The van der Waals surface area contributed by atoms with Crippen LogP contribution in [-0.2, 0) is 11.3 Å². The highest BCUT2D eigenvalue weighted by Gasteiger charge is 2.13. The number of carbonyl (C=O) groups is 1. The summed E-state index contributed by atoms with van der Waals surface area (Å²) < 4.78 is 2.34. The van der Waals surface area contributed by atoms with Crippen molar-refractivity contribution >= 4 is 32.7 Å². The number of halogens is 1. The number of carbonyl (C=O) groups excluding carboxylic acids is 1. The maximum absolute atomic E-state index is 12.3. The van der Waals surface area contributed by atoms with Crippen molar-refractivity contribution in [1.82, 2.24) is 14.9 Å². The number of hydrogen-bond acceptors (Lipinski definition) is 3. The highest BCUT2D eigenvalue weighted by atomic mass is 79.9. The van der Waals surface area contributed by atoms with Crippen molar-refractivity contribution in [3.8, 4) is 0 Å². The highest BCUT2D eigenvalue weighted by molar-refractivity contribution is 9.10. The predicted molar refractivity (Wildman–Crippen MR) is 104 cm³/mol. The average Bonchev–Trinajstić information content (AvgIpc) is 2.61. The average molecular weight is 416 g/mol. The van der Waals surface area contributed by atoms with Crippen LogP contribution in [0.1, 0.15) is 24.9 Å². The molecule has 0 saturated heterocycles. The number of benzene rings is 2. The Hall–Kier alpha value is -2.67. The topological polar surface area (TPSA) is 84.0 Å². The predicted octanol–water partition coefficient (Wildman–Crippen LogP) is 2.72. The van der Waals surface area contributed by atoms with E-state index in [4.69, 9.17) is 0 Å². The molecule has 1 unspecified atom stereocenters. The Bertz CT molecular complexity index is 1070. The van der Waals surface area contributed by atoms with E-state index in [1.165, 1.54) is 4.57 Å². The number of nitrogens with one attached hydrogen (secondary N) is 2.